The number of rotatable bonds is 7. The molecule has 12 heteroatoms. The van der Waals surface area contributed by atoms with E-state index in [1.807, 2.05) is 6.92 Å². The molecule has 196 valence electrons. The second kappa shape index (κ2) is 11.0. The molecule has 0 aliphatic carbocycles. The Hall–Kier alpha value is -3.70. The average Bonchev–Trinajstić information content (AvgIpc) is 2.84. The van der Waals surface area contributed by atoms with Gasteiger partial charge >= 0.3 is 0 Å². The van der Waals surface area contributed by atoms with Crippen molar-refractivity contribution in [2.45, 2.75) is 18.7 Å². The van der Waals surface area contributed by atoms with Gasteiger partial charge in [-0.3, -0.25) is 9.35 Å². The van der Waals surface area contributed by atoms with E-state index in [0.717, 1.165) is 6.07 Å². The van der Waals surface area contributed by atoms with Crippen molar-refractivity contribution in [3.8, 4) is 11.5 Å². The lowest BCUT2D eigenvalue weighted by atomic mass is 10.0. The normalized spacial score (nSPS) is 11.7. The van der Waals surface area contributed by atoms with Crippen molar-refractivity contribution in [1.29, 1.82) is 0 Å². The number of hydrogen-bond donors (Lipinski definition) is 3. The minimum Gasteiger partial charge on any atom is -0.505 e. The smallest absolute Gasteiger partial charge is 0.296 e. The Bertz CT molecular complexity index is 1710. The topological polar surface area (TPSA) is 138 Å². The molecule has 0 fully saturated rings. The molecule has 1 amide bonds. The Balaban J connectivity index is 1.81. The van der Waals surface area contributed by atoms with E-state index in [1.54, 1.807) is 43.3 Å². The van der Waals surface area contributed by atoms with E-state index >= 15 is 0 Å². The Labute approximate surface area is 228 Å². The molecule has 0 radical (unpaired) electrons. The van der Waals surface area contributed by atoms with Gasteiger partial charge in [0.1, 0.15) is 22.0 Å². The van der Waals surface area contributed by atoms with Crippen LogP contribution in [0.3, 0.4) is 0 Å². The van der Waals surface area contributed by atoms with Crippen molar-refractivity contribution in [1.82, 2.24) is 0 Å². The number of amides is 1. The summed E-state index contributed by atoms with van der Waals surface area (Å²) in [6, 6.07) is 15.4. The highest BCUT2D eigenvalue weighted by Gasteiger charge is 2.21. The van der Waals surface area contributed by atoms with Gasteiger partial charge in [-0.25, -0.2) is 0 Å². The summed E-state index contributed by atoms with van der Waals surface area (Å²) in [4.78, 5) is 12.7. The average molecular weight is 574 g/mol. The van der Waals surface area contributed by atoms with E-state index in [9.17, 15) is 22.9 Å². The number of anilines is 1. The molecule has 4 aromatic carbocycles. The lowest BCUT2D eigenvalue weighted by molar-refractivity contribution is 0.102. The van der Waals surface area contributed by atoms with E-state index in [2.05, 4.69) is 15.5 Å². The molecule has 38 heavy (non-hydrogen) atoms. The van der Waals surface area contributed by atoms with Crippen LogP contribution in [0.15, 0.2) is 75.8 Å². The van der Waals surface area contributed by atoms with Gasteiger partial charge in [-0.1, -0.05) is 47.5 Å². The number of nitrogens with zero attached hydrogens (tertiary/aromatic N) is 2. The maximum Gasteiger partial charge on any atom is 0.296 e. The van der Waals surface area contributed by atoms with E-state index in [4.69, 9.17) is 27.9 Å². The number of carbonyl (C=O) groups is 1. The number of aromatic hydroxyl groups is 1. The number of azo groups is 1. The molecule has 0 aliphatic heterocycles. The zero-order chi connectivity index (χ0) is 27.6. The quantitative estimate of drug-likeness (QED) is 0.155. The van der Waals surface area contributed by atoms with Crippen LogP contribution in [0.2, 0.25) is 10.0 Å². The molecule has 0 spiro atoms. The number of phenols is 1. The number of fused-ring (bicyclic) bond motifs is 1. The second-order valence-electron chi connectivity index (χ2n) is 8.15. The summed E-state index contributed by atoms with van der Waals surface area (Å²) < 4.78 is 38.9. The number of carbonyl (C=O) groups excluding carboxylic acids is 1. The van der Waals surface area contributed by atoms with Crippen molar-refractivity contribution in [2.24, 2.45) is 10.2 Å². The van der Waals surface area contributed by atoms with Crippen molar-refractivity contribution >= 4 is 67.1 Å². The Morgan fingerprint density at radius 2 is 1.79 bits per heavy atom. The van der Waals surface area contributed by atoms with Crippen LogP contribution in [0.5, 0.6) is 11.5 Å². The fourth-order valence-corrected chi connectivity index (χ4v) is 4.78. The first-order valence-electron chi connectivity index (χ1n) is 11.2. The van der Waals surface area contributed by atoms with Crippen LogP contribution >= 0.6 is 23.2 Å². The van der Waals surface area contributed by atoms with Crippen molar-refractivity contribution in [3.05, 3.63) is 81.8 Å². The molecule has 0 saturated heterocycles. The second-order valence-corrected chi connectivity index (χ2v) is 10.4. The third-order valence-electron chi connectivity index (χ3n) is 5.46. The van der Waals surface area contributed by atoms with Gasteiger partial charge in [0.25, 0.3) is 16.0 Å². The first-order valence-corrected chi connectivity index (χ1v) is 13.4. The minimum absolute atomic E-state index is 0.0904. The van der Waals surface area contributed by atoms with Gasteiger partial charge in [0.2, 0.25) is 0 Å². The van der Waals surface area contributed by atoms with Gasteiger partial charge in [-0.2, -0.15) is 8.42 Å². The van der Waals surface area contributed by atoms with Crippen LogP contribution in [0, 0.1) is 6.92 Å². The zero-order valence-corrected chi connectivity index (χ0v) is 22.4. The lowest BCUT2D eigenvalue weighted by Crippen LogP contribution is -2.12. The Morgan fingerprint density at radius 1 is 1.05 bits per heavy atom. The first-order chi connectivity index (χ1) is 18.0. The maximum absolute atomic E-state index is 13.2. The summed E-state index contributed by atoms with van der Waals surface area (Å²) in [6.45, 7) is 3.78. The first kappa shape index (κ1) is 27.3. The van der Waals surface area contributed by atoms with E-state index < -0.39 is 26.7 Å². The Kier molecular flexibility index (Phi) is 7.89. The maximum atomic E-state index is 13.2. The van der Waals surface area contributed by atoms with Gasteiger partial charge in [-0.05, 0) is 55.1 Å². The molecular weight excluding hydrogens is 553 g/mol. The van der Waals surface area contributed by atoms with E-state index in [1.165, 1.54) is 18.2 Å². The molecule has 4 rings (SSSR count). The molecule has 3 N–H and O–H groups in total. The zero-order valence-electron chi connectivity index (χ0n) is 20.1. The van der Waals surface area contributed by atoms with Crippen LogP contribution < -0.4 is 10.1 Å². The summed E-state index contributed by atoms with van der Waals surface area (Å²) in [5.74, 6) is -0.700. The number of ether oxygens (including phenoxy) is 1. The molecule has 9 nitrogen and oxygen atoms in total. The number of benzene rings is 4. The molecule has 0 aromatic heterocycles. The number of halogens is 2. The molecule has 0 bridgehead atoms. The van der Waals surface area contributed by atoms with Crippen LogP contribution in [-0.2, 0) is 10.1 Å². The van der Waals surface area contributed by atoms with Crippen molar-refractivity contribution < 1.29 is 27.6 Å². The molecule has 0 saturated carbocycles. The molecule has 0 aliphatic rings. The molecule has 4 aromatic rings. The van der Waals surface area contributed by atoms with Crippen LogP contribution in [0.4, 0.5) is 17.1 Å². The van der Waals surface area contributed by atoms with Crippen molar-refractivity contribution in [3.63, 3.8) is 0 Å². The molecular formula is C26H21Cl2N3O6S. The summed E-state index contributed by atoms with van der Waals surface area (Å²) in [6.07, 6.45) is 0. The summed E-state index contributed by atoms with van der Waals surface area (Å²) in [7, 11) is -4.66. The third-order valence-corrected chi connectivity index (χ3v) is 6.96. The SMILES string of the molecule is CCOc1cc(Cl)cc(NC(=O)c2cc3ccccc3c(N=Nc3cc(Cl)c(C)cc3S(=O)(=O)O)c2O)c1. The monoisotopic (exact) mass is 573 g/mol. The Morgan fingerprint density at radius 3 is 2.50 bits per heavy atom. The van der Waals surface area contributed by atoms with Crippen LogP contribution in [-0.4, -0.2) is 30.6 Å². The van der Waals surface area contributed by atoms with Crippen LogP contribution in [0.25, 0.3) is 10.8 Å². The van der Waals surface area contributed by atoms with Gasteiger partial charge in [0, 0.05) is 27.2 Å². The fourth-order valence-electron chi connectivity index (χ4n) is 3.71. The third kappa shape index (κ3) is 5.89. The summed E-state index contributed by atoms with van der Waals surface area (Å²) in [5, 5.41) is 23.3. The fraction of sp³-hybridized carbons (Fsp3) is 0.115. The number of hydrogen-bond acceptors (Lipinski definition) is 7. The highest BCUT2D eigenvalue weighted by molar-refractivity contribution is 7.86. The highest BCUT2D eigenvalue weighted by atomic mass is 35.5. The predicted octanol–water partition coefficient (Wildman–Crippen LogP) is 7.47. The van der Waals surface area contributed by atoms with Gasteiger partial charge in [0.15, 0.2) is 5.75 Å². The minimum atomic E-state index is -4.66. The summed E-state index contributed by atoms with van der Waals surface area (Å²) in [5.41, 5.74) is 0.288. The highest BCUT2D eigenvalue weighted by Crippen LogP contribution is 2.41. The van der Waals surface area contributed by atoms with E-state index in [0.29, 0.717) is 39.4 Å². The van der Waals surface area contributed by atoms with Gasteiger partial charge < -0.3 is 15.2 Å². The summed E-state index contributed by atoms with van der Waals surface area (Å²) >= 11 is 12.3. The standard InChI is InChI=1S/C26H21Cl2N3O6S/c1-3-37-18-11-16(27)10-17(12-18)29-26(33)20-9-15-6-4-5-7-19(15)24(25(20)32)31-30-22-13-21(28)14(2)8-23(22)38(34,35)36/h4-13,32H,3H2,1-2H3,(H,29,33)(H,34,35,36). The van der Waals surface area contributed by atoms with Gasteiger partial charge in [-0.15, -0.1) is 10.2 Å². The van der Waals surface area contributed by atoms with E-state index in [-0.39, 0.29) is 22.0 Å². The molecule has 0 atom stereocenters. The number of aryl methyl sites for hydroxylation is 1. The number of nitrogens with one attached hydrogen (secondary N) is 1. The lowest BCUT2D eigenvalue weighted by Gasteiger charge is -2.12. The number of phenolic OH excluding ortho intramolecular Hbond substituents is 1. The molecule has 0 unspecified atom stereocenters. The van der Waals surface area contributed by atoms with Gasteiger partial charge in [0.05, 0.1) is 12.2 Å². The van der Waals surface area contributed by atoms with Crippen LogP contribution in [0.1, 0.15) is 22.8 Å². The predicted molar refractivity (Wildman–Crippen MR) is 146 cm³/mol. The van der Waals surface area contributed by atoms with Crippen molar-refractivity contribution in [2.75, 3.05) is 11.9 Å². The molecule has 0 heterocycles. The largest absolute Gasteiger partial charge is 0.505 e.